The molecular formula is C22H20O6. The Labute approximate surface area is 162 Å². The van der Waals surface area contributed by atoms with Gasteiger partial charge in [0.05, 0.1) is 11.1 Å². The van der Waals surface area contributed by atoms with E-state index in [2.05, 4.69) is 0 Å². The molecule has 0 aromatic heterocycles. The second-order valence-corrected chi connectivity index (χ2v) is 6.02. The largest absolute Gasteiger partial charge is 0.508 e. The predicted octanol–water partition coefficient (Wildman–Crippen LogP) is 3.97. The lowest BCUT2D eigenvalue weighted by Gasteiger charge is -2.02. The Morgan fingerprint density at radius 2 is 0.964 bits per heavy atom. The molecule has 0 radical (unpaired) electrons. The average molecular weight is 380 g/mol. The molecule has 3 rings (SSSR count). The third-order valence-corrected chi connectivity index (χ3v) is 3.93. The number of aromatic carboxylic acids is 2. The summed E-state index contributed by atoms with van der Waals surface area (Å²) in [5, 5.41) is 35.3. The van der Waals surface area contributed by atoms with Gasteiger partial charge < -0.3 is 20.4 Å². The van der Waals surface area contributed by atoms with Crippen molar-refractivity contribution in [2.75, 3.05) is 0 Å². The van der Waals surface area contributed by atoms with Crippen LogP contribution in [0.4, 0.5) is 0 Å². The van der Waals surface area contributed by atoms with Gasteiger partial charge in [-0.2, -0.15) is 0 Å². The number of carboxylic acid groups (broad SMARTS) is 2. The summed E-state index contributed by atoms with van der Waals surface area (Å²) in [6.07, 6.45) is 1.87. The molecule has 6 heteroatoms. The van der Waals surface area contributed by atoms with Crippen molar-refractivity contribution in [3.63, 3.8) is 0 Å². The first kappa shape index (κ1) is 20.5. The Hall–Kier alpha value is -3.80. The minimum Gasteiger partial charge on any atom is -0.508 e. The summed E-state index contributed by atoms with van der Waals surface area (Å²) >= 11 is 0. The Morgan fingerprint density at radius 3 is 1.29 bits per heavy atom. The Morgan fingerprint density at radius 1 is 0.607 bits per heavy atom. The number of aromatic hydroxyl groups is 2. The maximum atomic E-state index is 10.4. The van der Waals surface area contributed by atoms with E-state index in [0.717, 1.165) is 18.9 Å². The van der Waals surface area contributed by atoms with Crippen molar-refractivity contribution in [2.45, 2.75) is 12.8 Å². The minimum atomic E-state index is -1.13. The number of hydrogen-bond acceptors (Lipinski definition) is 4. The normalized spacial score (nSPS) is 9.86. The third-order valence-electron chi connectivity index (χ3n) is 3.93. The van der Waals surface area contributed by atoms with E-state index in [-0.39, 0.29) is 11.1 Å². The molecule has 144 valence electrons. The molecular weight excluding hydrogens is 360 g/mol. The summed E-state index contributed by atoms with van der Waals surface area (Å²) in [4.78, 5) is 20.8. The van der Waals surface area contributed by atoms with Crippen LogP contribution < -0.4 is 0 Å². The van der Waals surface area contributed by atoms with Crippen molar-refractivity contribution in [1.29, 1.82) is 0 Å². The van der Waals surface area contributed by atoms with Gasteiger partial charge in [0.1, 0.15) is 11.5 Å². The molecule has 0 spiro atoms. The van der Waals surface area contributed by atoms with E-state index in [1.165, 1.54) is 29.3 Å². The molecule has 0 saturated carbocycles. The monoisotopic (exact) mass is 380 g/mol. The topological polar surface area (TPSA) is 115 Å². The lowest BCUT2D eigenvalue weighted by molar-refractivity contribution is 0.0696. The van der Waals surface area contributed by atoms with Gasteiger partial charge in [0.25, 0.3) is 0 Å². The van der Waals surface area contributed by atoms with E-state index in [4.69, 9.17) is 20.4 Å². The minimum absolute atomic E-state index is 0.0186. The molecule has 28 heavy (non-hydrogen) atoms. The standard InChI is InChI=1S/C14H14O2.C8H6O4/c15-13-7-3-11(4-8-13)1-2-12-5-9-14(16)10-6-12;9-7(10)5-2-1-3-6(4-5)8(11)12/h3-10,15-16H,1-2H2;1-4H,(H,9,10)(H,11,12). The van der Waals surface area contributed by atoms with E-state index in [1.807, 2.05) is 24.3 Å². The van der Waals surface area contributed by atoms with Crippen LogP contribution in [0, 0.1) is 0 Å². The number of rotatable bonds is 5. The smallest absolute Gasteiger partial charge is 0.335 e. The van der Waals surface area contributed by atoms with Gasteiger partial charge in [-0.3, -0.25) is 0 Å². The molecule has 0 heterocycles. The van der Waals surface area contributed by atoms with Crippen LogP contribution in [-0.2, 0) is 12.8 Å². The van der Waals surface area contributed by atoms with Crippen molar-refractivity contribution >= 4 is 11.9 Å². The first-order chi connectivity index (χ1) is 13.3. The van der Waals surface area contributed by atoms with E-state index in [1.54, 1.807) is 24.3 Å². The SMILES string of the molecule is O=C(O)c1cccc(C(=O)O)c1.Oc1ccc(CCc2ccc(O)cc2)cc1. The number of aryl methyl sites for hydroxylation is 2. The zero-order valence-corrected chi connectivity index (χ0v) is 14.9. The van der Waals surface area contributed by atoms with Crippen molar-refractivity contribution in [3.8, 4) is 11.5 Å². The second kappa shape index (κ2) is 9.78. The molecule has 6 nitrogen and oxygen atoms in total. The van der Waals surface area contributed by atoms with E-state index < -0.39 is 11.9 Å². The molecule has 3 aromatic carbocycles. The molecule has 0 fully saturated rings. The number of carboxylic acids is 2. The maximum Gasteiger partial charge on any atom is 0.335 e. The first-order valence-corrected chi connectivity index (χ1v) is 8.47. The quantitative estimate of drug-likeness (QED) is 0.532. The number of carbonyl (C=O) groups is 2. The Balaban J connectivity index is 0.000000209. The van der Waals surface area contributed by atoms with Gasteiger partial charge in [0.15, 0.2) is 0 Å². The summed E-state index contributed by atoms with van der Waals surface area (Å²) in [6, 6.07) is 19.7. The van der Waals surface area contributed by atoms with Crippen LogP contribution in [0.15, 0.2) is 72.8 Å². The maximum absolute atomic E-state index is 10.4. The zero-order chi connectivity index (χ0) is 20.5. The molecule has 0 aliphatic heterocycles. The van der Waals surface area contributed by atoms with Crippen molar-refractivity contribution in [1.82, 2.24) is 0 Å². The highest BCUT2D eigenvalue weighted by Crippen LogP contribution is 2.14. The van der Waals surface area contributed by atoms with Crippen LogP contribution in [0.2, 0.25) is 0 Å². The molecule has 0 amide bonds. The van der Waals surface area contributed by atoms with Crippen molar-refractivity contribution in [3.05, 3.63) is 95.1 Å². The lowest BCUT2D eigenvalue weighted by atomic mass is 10.0. The van der Waals surface area contributed by atoms with Crippen molar-refractivity contribution in [2.24, 2.45) is 0 Å². The van der Waals surface area contributed by atoms with E-state index in [0.29, 0.717) is 11.5 Å². The highest BCUT2D eigenvalue weighted by molar-refractivity contribution is 5.93. The summed E-state index contributed by atoms with van der Waals surface area (Å²) in [5.41, 5.74) is 2.36. The fourth-order valence-corrected chi connectivity index (χ4v) is 2.40. The van der Waals surface area contributed by atoms with Crippen LogP contribution >= 0.6 is 0 Å². The number of benzene rings is 3. The number of hydrogen-bond donors (Lipinski definition) is 4. The molecule has 0 aliphatic rings. The van der Waals surface area contributed by atoms with Gasteiger partial charge in [-0.25, -0.2) is 9.59 Å². The Kier molecular flexibility index (Phi) is 7.16. The summed E-state index contributed by atoms with van der Waals surface area (Å²) in [7, 11) is 0. The van der Waals surface area contributed by atoms with Gasteiger partial charge in [-0.15, -0.1) is 0 Å². The number of phenols is 2. The zero-order valence-electron chi connectivity index (χ0n) is 14.9. The van der Waals surface area contributed by atoms with Gasteiger partial charge in [-0.05, 0) is 66.4 Å². The second-order valence-electron chi connectivity index (χ2n) is 6.02. The summed E-state index contributed by atoms with van der Waals surface area (Å²) in [6.45, 7) is 0. The van der Waals surface area contributed by atoms with Crippen LogP contribution in [0.1, 0.15) is 31.8 Å². The number of phenolic OH excluding ortho intramolecular Hbond substituents is 2. The molecule has 0 unspecified atom stereocenters. The lowest BCUT2D eigenvalue weighted by Crippen LogP contribution is -2.01. The van der Waals surface area contributed by atoms with E-state index in [9.17, 15) is 9.59 Å². The van der Waals surface area contributed by atoms with Crippen LogP contribution in [0.25, 0.3) is 0 Å². The van der Waals surface area contributed by atoms with Gasteiger partial charge in [-0.1, -0.05) is 30.3 Å². The van der Waals surface area contributed by atoms with E-state index >= 15 is 0 Å². The fraction of sp³-hybridized carbons (Fsp3) is 0.0909. The van der Waals surface area contributed by atoms with Crippen LogP contribution in [0.3, 0.4) is 0 Å². The molecule has 0 bridgehead atoms. The molecule has 4 N–H and O–H groups in total. The molecule has 3 aromatic rings. The first-order valence-electron chi connectivity index (χ1n) is 8.47. The highest BCUT2D eigenvalue weighted by Gasteiger charge is 2.06. The van der Waals surface area contributed by atoms with Gasteiger partial charge in [0, 0.05) is 0 Å². The Bertz CT molecular complexity index is 855. The molecule has 0 aliphatic carbocycles. The summed E-state index contributed by atoms with van der Waals surface area (Å²) in [5.74, 6) is -1.65. The van der Waals surface area contributed by atoms with Crippen LogP contribution in [-0.4, -0.2) is 32.4 Å². The third kappa shape index (κ3) is 6.49. The summed E-state index contributed by atoms with van der Waals surface area (Å²) < 4.78 is 0. The van der Waals surface area contributed by atoms with Gasteiger partial charge in [0.2, 0.25) is 0 Å². The predicted molar refractivity (Wildman–Crippen MR) is 104 cm³/mol. The average Bonchev–Trinajstić information content (AvgIpc) is 2.69. The molecule has 0 atom stereocenters. The van der Waals surface area contributed by atoms with Crippen LogP contribution in [0.5, 0.6) is 11.5 Å². The fourth-order valence-electron chi connectivity index (χ4n) is 2.40. The molecule has 0 saturated heterocycles. The van der Waals surface area contributed by atoms with Gasteiger partial charge >= 0.3 is 11.9 Å². The van der Waals surface area contributed by atoms with Crippen molar-refractivity contribution < 1.29 is 30.0 Å². The highest BCUT2D eigenvalue weighted by atomic mass is 16.4.